The molecule has 0 fully saturated rings. The molecule has 5 rings (SSSR count). The van der Waals surface area contributed by atoms with Crippen molar-refractivity contribution in [3.63, 3.8) is 0 Å². The summed E-state index contributed by atoms with van der Waals surface area (Å²) in [5.41, 5.74) is -3.66. The Kier molecular flexibility index (Phi) is 8.99. The van der Waals surface area contributed by atoms with Gasteiger partial charge in [-0.25, -0.2) is 32.1 Å². The SMILES string of the molecule is COC(=O)c1c(NC(=O)Oc2ccccc2)sc2[nH]c(=O)n(-c3cc(OCc4c(OC)ccc(F)c4F)c(OC)cc3F)c(=O)c12. The lowest BCUT2D eigenvalue weighted by Gasteiger charge is -2.16. The number of H-pyrrole nitrogens is 1. The van der Waals surface area contributed by atoms with E-state index < -0.39 is 64.0 Å². The van der Waals surface area contributed by atoms with E-state index in [2.05, 4.69) is 10.3 Å². The van der Waals surface area contributed by atoms with E-state index in [1.54, 1.807) is 18.2 Å². The Balaban J connectivity index is 1.60. The van der Waals surface area contributed by atoms with Crippen LogP contribution in [0, 0.1) is 17.5 Å². The van der Waals surface area contributed by atoms with E-state index in [0.29, 0.717) is 15.9 Å². The first-order valence-electron chi connectivity index (χ1n) is 13.0. The van der Waals surface area contributed by atoms with Crippen LogP contribution < -0.4 is 35.5 Å². The second-order valence-corrected chi connectivity index (χ2v) is 10.2. The minimum Gasteiger partial charge on any atom is -0.496 e. The number of fused-ring (bicyclic) bond motifs is 1. The van der Waals surface area contributed by atoms with Gasteiger partial charge >= 0.3 is 17.8 Å². The number of ether oxygens (including phenoxy) is 5. The number of methoxy groups -OCH3 is 3. The molecule has 0 spiro atoms. The van der Waals surface area contributed by atoms with E-state index in [9.17, 15) is 28.0 Å². The van der Waals surface area contributed by atoms with Gasteiger partial charge in [0.05, 0.1) is 38.0 Å². The van der Waals surface area contributed by atoms with Gasteiger partial charge in [0.2, 0.25) is 0 Å². The summed E-state index contributed by atoms with van der Waals surface area (Å²) in [7, 11) is 3.45. The number of benzene rings is 3. The van der Waals surface area contributed by atoms with Crippen LogP contribution in [-0.2, 0) is 11.3 Å². The van der Waals surface area contributed by atoms with Gasteiger partial charge in [-0.05, 0) is 24.3 Å². The van der Waals surface area contributed by atoms with Gasteiger partial charge in [0.25, 0.3) is 5.56 Å². The molecule has 46 heavy (non-hydrogen) atoms. The molecule has 1 amide bonds. The number of carbonyl (C=O) groups excluding carboxylic acids is 2. The van der Waals surface area contributed by atoms with E-state index in [4.69, 9.17) is 23.7 Å². The van der Waals surface area contributed by atoms with Gasteiger partial charge in [-0.2, -0.15) is 0 Å². The molecule has 12 nitrogen and oxygen atoms in total. The fourth-order valence-corrected chi connectivity index (χ4v) is 5.47. The van der Waals surface area contributed by atoms with Crippen molar-refractivity contribution >= 4 is 38.6 Å². The number of hydrogen-bond acceptors (Lipinski definition) is 10. The summed E-state index contributed by atoms with van der Waals surface area (Å²) in [4.78, 5) is 54.7. The summed E-state index contributed by atoms with van der Waals surface area (Å²) in [5, 5.41) is 1.76. The van der Waals surface area contributed by atoms with Crippen LogP contribution in [-0.4, -0.2) is 42.9 Å². The fraction of sp³-hybridized carbons (Fsp3) is 0.133. The topological polar surface area (TPSA) is 147 Å². The Labute approximate surface area is 260 Å². The second-order valence-electron chi connectivity index (χ2n) is 9.19. The van der Waals surface area contributed by atoms with Crippen molar-refractivity contribution in [1.29, 1.82) is 0 Å². The first-order valence-corrected chi connectivity index (χ1v) is 13.8. The number of esters is 1. The Bertz CT molecular complexity index is 2100. The first-order chi connectivity index (χ1) is 22.1. The molecule has 0 aliphatic carbocycles. The third-order valence-electron chi connectivity index (χ3n) is 6.53. The van der Waals surface area contributed by atoms with Gasteiger partial charge in [0.1, 0.15) is 33.5 Å². The van der Waals surface area contributed by atoms with Crippen molar-refractivity contribution in [2.75, 3.05) is 26.6 Å². The molecule has 0 aliphatic heterocycles. The smallest absolute Gasteiger partial charge is 0.417 e. The van der Waals surface area contributed by atoms with Gasteiger partial charge in [-0.1, -0.05) is 29.5 Å². The third kappa shape index (κ3) is 5.97. The highest BCUT2D eigenvalue weighted by molar-refractivity contribution is 7.23. The molecule has 0 saturated heterocycles. The summed E-state index contributed by atoms with van der Waals surface area (Å²) in [5.74, 6) is -4.92. The highest BCUT2D eigenvalue weighted by Crippen LogP contribution is 2.36. The van der Waals surface area contributed by atoms with Crippen molar-refractivity contribution in [2.24, 2.45) is 0 Å². The van der Waals surface area contributed by atoms with E-state index in [1.807, 2.05) is 0 Å². The molecule has 0 saturated carbocycles. The largest absolute Gasteiger partial charge is 0.496 e. The molecule has 2 heterocycles. The van der Waals surface area contributed by atoms with Crippen LogP contribution in [0.15, 0.2) is 64.2 Å². The number of hydrogen-bond donors (Lipinski definition) is 2. The molecular formula is C30H22F3N3O9S. The van der Waals surface area contributed by atoms with Gasteiger partial charge in [0.15, 0.2) is 29.0 Å². The number of aromatic nitrogens is 2. The minimum absolute atomic E-state index is 0.0387. The number of carbonyl (C=O) groups is 2. The van der Waals surface area contributed by atoms with Crippen LogP contribution in [0.25, 0.3) is 15.9 Å². The number of halogens is 3. The highest BCUT2D eigenvalue weighted by Gasteiger charge is 2.28. The van der Waals surface area contributed by atoms with Gasteiger partial charge < -0.3 is 23.7 Å². The first kappa shape index (κ1) is 31.6. The second kappa shape index (κ2) is 13.1. The Morgan fingerprint density at radius 2 is 1.63 bits per heavy atom. The van der Waals surface area contributed by atoms with Crippen molar-refractivity contribution < 1.29 is 46.4 Å². The molecule has 0 radical (unpaired) electrons. The molecule has 0 atom stereocenters. The number of anilines is 1. The van der Waals surface area contributed by atoms with Crippen LogP contribution in [0.5, 0.6) is 23.0 Å². The lowest BCUT2D eigenvalue weighted by molar-refractivity contribution is 0.0604. The zero-order valence-electron chi connectivity index (χ0n) is 24.1. The van der Waals surface area contributed by atoms with Crippen LogP contribution in [0.2, 0.25) is 0 Å². The average Bonchev–Trinajstić information content (AvgIpc) is 3.40. The summed E-state index contributed by atoms with van der Waals surface area (Å²) in [6, 6.07) is 11.8. The number of aromatic amines is 1. The van der Waals surface area contributed by atoms with Gasteiger partial charge in [0, 0.05) is 12.1 Å². The average molecular weight is 658 g/mol. The molecule has 0 aliphatic rings. The van der Waals surface area contributed by atoms with E-state index in [-0.39, 0.29) is 38.4 Å². The monoisotopic (exact) mass is 657 g/mol. The molecule has 2 N–H and O–H groups in total. The summed E-state index contributed by atoms with van der Waals surface area (Å²) >= 11 is 0.666. The van der Waals surface area contributed by atoms with E-state index in [0.717, 1.165) is 25.3 Å². The van der Waals surface area contributed by atoms with Gasteiger partial charge in [-0.3, -0.25) is 15.1 Å². The van der Waals surface area contributed by atoms with Gasteiger partial charge in [-0.15, -0.1) is 0 Å². The lowest BCUT2D eigenvalue weighted by atomic mass is 10.2. The zero-order valence-corrected chi connectivity index (χ0v) is 24.9. The zero-order chi connectivity index (χ0) is 33.1. The van der Waals surface area contributed by atoms with Crippen molar-refractivity contribution in [3.8, 4) is 28.7 Å². The quantitative estimate of drug-likeness (QED) is 0.205. The summed E-state index contributed by atoms with van der Waals surface area (Å²) in [6.07, 6.45) is -1.01. The number of nitrogens with zero attached hydrogens (tertiary/aromatic N) is 1. The van der Waals surface area contributed by atoms with E-state index in [1.165, 1.54) is 32.4 Å². The molecule has 2 aromatic heterocycles. The van der Waals surface area contributed by atoms with Crippen molar-refractivity contribution in [3.05, 3.63) is 104 Å². The molecular weight excluding hydrogens is 635 g/mol. The number of rotatable bonds is 9. The third-order valence-corrected chi connectivity index (χ3v) is 7.55. The van der Waals surface area contributed by atoms with Crippen molar-refractivity contribution in [1.82, 2.24) is 9.55 Å². The molecule has 5 aromatic rings. The maximum Gasteiger partial charge on any atom is 0.417 e. The van der Waals surface area contributed by atoms with E-state index >= 15 is 4.39 Å². The number of para-hydroxylation sites is 1. The molecule has 238 valence electrons. The summed E-state index contributed by atoms with van der Waals surface area (Å²) in [6.45, 7) is -0.621. The molecule has 0 unspecified atom stereocenters. The predicted octanol–water partition coefficient (Wildman–Crippen LogP) is 5.15. The lowest BCUT2D eigenvalue weighted by Crippen LogP contribution is -2.34. The minimum atomic E-state index is -1.25. The van der Waals surface area contributed by atoms with Crippen LogP contribution in [0.3, 0.4) is 0 Å². The standard InChI is InChI=1S/C30H22F3N3O9S/c1-41-19-10-9-16(31)24(33)15(19)13-44-21-12-18(17(32)11-20(21)42-2)36-27(37)22-23(28(38)43-3)26(46-25(22)34-29(36)39)35-30(40)45-14-7-5-4-6-8-14/h4-12H,13H2,1-3H3,(H,34,39)(H,35,40). The molecule has 0 bridgehead atoms. The van der Waals surface area contributed by atoms with Crippen LogP contribution >= 0.6 is 11.3 Å². The number of amides is 1. The fourth-order valence-electron chi connectivity index (χ4n) is 4.42. The maximum atomic E-state index is 15.4. The number of nitrogens with one attached hydrogen (secondary N) is 2. The number of thiophene rings is 1. The van der Waals surface area contributed by atoms with Crippen LogP contribution in [0.1, 0.15) is 15.9 Å². The highest BCUT2D eigenvalue weighted by atomic mass is 32.1. The Hall–Kier alpha value is -5.77. The molecule has 16 heteroatoms. The predicted molar refractivity (Wildman–Crippen MR) is 159 cm³/mol. The Morgan fingerprint density at radius 3 is 2.30 bits per heavy atom. The normalized spacial score (nSPS) is 10.8. The summed E-state index contributed by atoms with van der Waals surface area (Å²) < 4.78 is 70.1. The van der Waals surface area contributed by atoms with Crippen molar-refractivity contribution in [2.45, 2.75) is 6.61 Å². The molecule has 3 aromatic carbocycles. The van der Waals surface area contributed by atoms with Crippen LogP contribution in [0.4, 0.5) is 23.0 Å². The Morgan fingerprint density at radius 1 is 0.913 bits per heavy atom. The maximum absolute atomic E-state index is 15.4.